The molecule has 0 atom stereocenters. The normalized spacial score (nSPS) is 10.5. The largest absolute Gasteiger partial charge is 0.398 e. The number of aromatic nitrogens is 2. The Balaban J connectivity index is 2.34. The fourth-order valence-electron chi connectivity index (χ4n) is 1.73. The highest BCUT2D eigenvalue weighted by Crippen LogP contribution is 2.32. The van der Waals surface area contributed by atoms with Crippen LogP contribution in [0.5, 0.6) is 0 Å². The Hall–Kier alpha value is -1.75. The maximum atomic E-state index is 6.02. The zero-order valence-corrected chi connectivity index (χ0v) is 12.5. The number of nitrogens with zero attached hydrogens (tertiary/aromatic N) is 3. The van der Waals surface area contributed by atoms with Crippen LogP contribution in [0.2, 0.25) is 0 Å². The van der Waals surface area contributed by atoms with E-state index in [0.717, 1.165) is 32.8 Å². The predicted octanol–water partition coefficient (Wildman–Crippen LogP) is 2.89. The van der Waals surface area contributed by atoms with Crippen molar-refractivity contribution in [3.05, 3.63) is 35.7 Å². The van der Waals surface area contributed by atoms with E-state index in [1.54, 1.807) is 0 Å². The van der Waals surface area contributed by atoms with Crippen molar-refractivity contribution < 1.29 is 0 Å². The Morgan fingerprint density at radius 2 is 1.68 bits per heavy atom. The van der Waals surface area contributed by atoms with Gasteiger partial charge in [0.25, 0.3) is 0 Å². The molecule has 19 heavy (non-hydrogen) atoms. The third kappa shape index (κ3) is 3.38. The summed E-state index contributed by atoms with van der Waals surface area (Å²) < 4.78 is 0. The molecule has 0 spiro atoms. The molecule has 0 amide bonds. The lowest BCUT2D eigenvalue weighted by Gasteiger charge is -2.14. The van der Waals surface area contributed by atoms with Crippen LogP contribution in [0.1, 0.15) is 11.4 Å². The Morgan fingerprint density at radius 1 is 1.05 bits per heavy atom. The Kier molecular flexibility index (Phi) is 3.95. The van der Waals surface area contributed by atoms with Crippen molar-refractivity contribution in [2.24, 2.45) is 0 Å². The SMILES string of the molecule is Cc1cc(C)nc(Sc2cc(N(C)C)ccc2N)n1. The van der Waals surface area contributed by atoms with E-state index in [-0.39, 0.29) is 0 Å². The van der Waals surface area contributed by atoms with E-state index in [0.29, 0.717) is 0 Å². The zero-order valence-electron chi connectivity index (χ0n) is 11.6. The summed E-state index contributed by atoms with van der Waals surface area (Å²) in [7, 11) is 4.01. The number of anilines is 2. The van der Waals surface area contributed by atoms with Crippen LogP contribution in [-0.4, -0.2) is 24.1 Å². The summed E-state index contributed by atoms with van der Waals surface area (Å²) in [4.78, 5) is 11.9. The molecule has 100 valence electrons. The molecule has 5 heteroatoms. The van der Waals surface area contributed by atoms with Gasteiger partial charge in [0.1, 0.15) is 0 Å². The second-order valence-electron chi connectivity index (χ2n) is 4.65. The molecular weight excluding hydrogens is 256 g/mol. The molecule has 2 aromatic rings. The summed E-state index contributed by atoms with van der Waals surface area (Å²) in [5.41, 5.74) is 9.82. The van der Waals surface area contributed by atoms with Crippen molar-refractivity contribution in [3.63, 3.8) is 0 Å². The molecule has 0 fully saturated rings. The van der Waals surface area contributed by atoms with Crippen LogP contribution in [0.15, 0.2) is 34.3 Å². The zero-order chi connectivity index (χ0) is 14.0. The lowest BCUT2D eigenvalue weighted by Crippen LogP contribution is -2.08. The molecule has 0 aliphatic rings. The number of benzene rings is 1. The van der Waals surface area contributed by atoms with Gasteiger partial charge < -0.3 is 10.6 Å². The summed E-state index contributed by atoms with van der Waals surface area (Å²) in [6.45, 7) is 3.94. The second-order valence-corrected chi connectivity index (χ2v) is 5.66. The van der Waals surface area contributed by atoms with Crippen molar-refractivity contribution >= 4 is 23.1 Å². The average molecular weight is 274 g/mol. The molecule has 1 aromatic carbocycles. The molecule has 2 rings (SSSR count). The molecule has 1 aromatic heterocycles. The molecule has 0 saturated heterocycles. The number of rotatable bonds is 3. The van der Waals surface area contributed by atoms with Crippen molar-refractivity contribution in [1.82, 2.24) is 9.97 Å². The average Bonchev–Trinajstić information content (AvgIpc) is 2.30. The molecule has 0 saturated carbocycles. The minimum atomic E-state index is 0.736. The summed E-state index contributed by atoms with van der Waals surface area (Å²) >= 11 is 1.50. The van der Waals surface area contributed by atoms with Crippen molar-refractivity contribution in [1.29, 1.82) is 0 Å². The highest BCUT2D eigenvalue weighted by atomic mass is 32.2. The molecule has 1 heterocycles. The first kappa shape index (κ1) is 13.7. The fourth-order valence-corrected chi connectivity index (χ4v) is 2.67. The summed E-state index contributed by atoms with van der Waals surface area (Å²) in [5, 5.41) is 0.736. The number of nitrogens with two attached hydrogens (primary N) is 1. The Labute approximate surface area is 118 Å². The topological polar surface area (TPSA) is 55.0 Å². The molecule has 0 aliphatic carbocycles. The summed E-state index contributed by atoms with van der Waals surface area (Å²) in [6, 6.07) is 7.94. The minimum absolute atomic E-state index is 0.736. The lowest BCUT2D eigenvalue weighted by molar-refractivity contribution is 0.902. The van der Waals surface area contributed by atoms with Crippen LogP contribution in [0.25, 0.3) is 0 Å². The number of nitrogen functional groups attached to an aromatic ring is 1. The molecule has 0 bridgehead atoms. The smallest absolute Gasteiger partial charge is 0.192 e. The van der Waals surface area contributed by atoms with Gasteiger partial charge in [-0.3, -0.25) is 0 Å². The van der Waals surface area contributed by atoms with Gasteiger partial charge in [-0.2, -0.15) is 0 Å². The van der Waals surface area contributed by atoms with Gasteiger partial charge in [-0.25, -0.2) is 9.97 Å². The lowest BCUT2D eigenvalue weighted by atomic mass is 10.3. The summed E-state index contributed by atoms with van der Waals surface area (Å²) in [6.07, 6.45) is 0. The van der Waals surface area contributed by atoms with Crippen LogP contribution in [-0.2, 0) is 0 Å². The Morgan fingerprint density at radius 3 is 2.26 bits per heavy atom. The van der Waals surface area contributed by atoms with Crippen LogP contribution in [0, 0.1) is 13.8 Å². The number of hydrogen-bond acceptors (Lipinski definition) is 5. The van der Waals surface area contributed by atoms with Gasteiger partial charge in [0, 0.05) is 41.8 Å². The molecule has 0 radical (unpaired) electrons. The fraction of sp³-hybridized carbons (Fsp3) is 0.286. The number of aryl methyl sites for hydroxylation is 2. The molecular formula is C14H18N4S. The van der Waals surface area contributed by atoms with Crippen LogP contribution >= 0.6 is 11.8 Å². The number of hydrogen-bond donors (Lipinski definition) is 1. The predicted molar refractivity (Wildman–Crippen MR) is 80.8 cm³/mol. The van der Waals surface area contributed by atoms with Gasteiger partial charge in [0.05, 0.1) is 0 Å². The molecule has 0 aliphatic heterocycles. The van der Waals surface area contributed by atoms with E-state index in [9.17, 15) is 0 Å². The van der Waals surface area contributed by atoms with Crippen molar-refractivity contribution in [2.45, 2.75) is 23.9 Å². The maximum absolute atomic E-state index is 6.02. The van der Waals surface area contributed by atoms with Gasteiger partial charge in [0.2, 0.25) is 0 Å². The van der Waals surface area contributed by atoms with E-state index in [1.165, 1.54) is 11.8 Å². The van der Waals surface area contributed by atoms with Crippen molar-refractivity contribution in [2.75, 3.05) is 24.7 Å². The third-order valence-electron chi connectivity index (χ3n) is 2.68. The van der Waals surface area contributed by atoms with E-state index in [4.69, 9.17) is 5.73 Å². The highest BCUT2D eigenvalue weighted by Gasteiger charge is 2.08. The van der Waals surface area contributed by atoms with Crippen LogP contribution in [0.3, 0.4) is 0 Å². The third-order valence-corrected chi connectivity index (χ3v) is 3.62. The quantitative estimate of drug-likeness (QED) is 0.689. The van der Waals surface area contributed by atoms with Gasteiger partial charge in [-0.05, 0) is 49.9 Å². The molecule has 2 N–H and O–H groups in total. The van der Waals surface area contributed by atoms with Gasteiger partial charge in [-0.15, -0.1) is 0 Å². The van der Waals surface area contributed by atoms with E-state index < -0.39 is 0 Å². The first-order valence-corrected chi connectivity index (χ1v) is 6.84. The maximum Gasteiger partial charge on any atom is 0.192 e. The Bertz CT molecular complexity index is 576. The van der Waals surface area contributed by atoms with E-state index in [2.05, 4.69) is 16.0 Å². The molecule has 0 unspecified atom stereocenters. The van der Waals surface area contributed by atoms with Gasteiger partial charge in [-0.1, -0.05) is 0 Å². The minimum Gasteiger partial charge on any atom is -0.398 e. The molecule has 4 nitrogen and oxygen atoms in total. The first-order chi connectivity index (χ1) is 8.95. The van der Waals surface area contributed by atoms with Crippen molar-refractivity contribution in [3.8, 4) is 0 Å². The highest BCUT2D eigenvalue weighted by molar-refractivity contribution is 7.99. The summed E-state index contributed by atoms with van der Waals surface area (Å²) in [5.74, 6) is 0. The van der Waals surface area contributed by atoms with E-state index in [1.807, 2.05) is 51.0 Å². The first-order valence-electron chi connectivity index (χ1n) is 6.02. The van der Waals surface area contributed by atoms with E-state index >= 15 is 0 Å². The monoisotopic (exact) mass is 274 g/mol. The van der Waals surface area contributed by atoms with Crippen LogP contribution in [0.4, 0.5) is 11.4 Å². The second kappa shape index (κ2) is 5.48. The standard InChI is InChI=1S/C14H18N4S/c1-9-7-10(2)17-14(16-9)19-13-8-11(18(3)4)5-6-12(13)15/h5-8H,15H2,1-4H3. The van der Waals surface area contributed by atoms with Gasteiger partial charge in [0.15, 0.2) is 5.16 Å². The van der Waals surface area contributed by atoms with Crippen LogP contribution < -0.4 is 10.6 Å². The van der Waals surface area contributed by atoms with Gasteiger partial charge >= 0.3 is 0 Å².